The SMILES string of the molecule is C=C(C)Cc1ccc(Sc2ccncc2)c(C(F)(F)F)c1. The summed E-state index contributed by atoms with van der Waals surface area (Å²) in [6.45, 7) is 5.54. The van der Waals surface area contributed by atoms with Gasteiger partial charge in [-0.05, 0) is 43.2 Å². The van der Waals surface area contributed by atoms with Crippen LogP contribution in [0.2, 0.25) is 0 Å². The molecule has 0 aliphatic heterocycles. The fourth-order valence-electron chi connectivity index (χ4n) is 1.88. The first kappa shape index (κ1) is 15.6. The lowest BCUT2D eigenvalue weighted by Crippen LogP contribution is -2.07. The summed E-state index contributed by atoms with van der Waals surface area (Å²) in [6.07, 6.45) is -0.806. The van der Waals surface area contributed by atoms with Gasteiger partial charge in [-0.2, -0.15) is 13.2 Å². The molecule has 0 atom stereocenters. The van der Waals surface area contributed by atoms with E-state index in [0.717, 1.165) is 22.2 Å². The minimum absolute atomic E-state index is 0.194. The smallest absolute Gasteiger partial charge is 0.265 e. The number of benzene rings is 1. The van der Waals surface area contributed by atoms with E-state index < -0.39 is 11.7 Å². The standard InChI is InChI=1S/C16H14F3NS/c1-11(2)9-12-3-4-15(14(10-12)16(17,18)19)21-13-5-7-20-8-6-13/h3-8,10H,1,9H2,2H3. The molecule has 0 spiro atoms. The van der Waals surface area contributed by atoms with E-state index in [4.69, 9.17) is 0 Å². The molecule has 0 bridgehead atoms. The summed E-state index contributed by atoms with van der Waals surface area (Å²) in [5, 5.41) is 0. The monoisotopic (exact) mass is 309 g/mol. The van der Waals surface area contributed by atoms with Gasteiger partial charge in [0.25, 0.3) is 0 Å². The number of hydrogen-bond acceptors (Lipinski definition) is 2. The van der Waals surface area contributed by atoms with Crippen LogP contribution in [0.3, 0.4) is 0 Å². The predicted octanol–water partition coefficient (Wildman–Crippen LogP) is 5.37. The molecule has 0 unspecified atom stereocenters. The van der Waals surface area contributed by atoms with Gasteiger partial charge in [-0.3, -0.25) is 4.98 Å². The van der Waals surface area contributed by atoms with E-state index in [1.807, 2.05) is 0 Å². The molecule has 0 amide bonds. The molecule has 0 saturated heterocycles. The van der Waals surface area contributed by atoms with Gasteiger partial charge < -0.3 is 0 Å². The molecule has 1 heterocycles. The van der Waals surface area contributed by atoms with Gasteiger partial charge in [0.2, 0.25) is 0 Å². The summed E-state index contributed by atoms with van der Waals surface area (Å²) in [5.41, 5.74) is 0.842. The van der Waals surface area contributed by atoms with Crippen LogP contribution in [-0.4, -0.2) is 4.98 Å². The van der Waals surface area contributed by atoms with Crippen molar-refractivity contribution in [2.45, 2.75) is 29.3 Å². The van der Waals surface area contributed by atoms with Gasteiger partial charge in [-0.25, -0.2) is 0 Å². The lowest BCUT2D eigenvalue weighted by atomic mass is 10.0. The van der Waals surface area contributed by atoms with E-state index in [1.54, 1.807) is 37.5 Å². The van der Waals surface area contributed by atoms with Gasteiger partial charge in [-0.1, -0.05) is 30.0 Å². The third-order valence-corrected chi connectivity index (χ3v) is 3.82. The summed E-state index contributed by atoms with van der Waals surface area (Å²) >= 11 is 1.09. The molecule has 0 aliphatic carbocycles. The highest BCUT2D eigenvalue weighted by atomic mass is 32.2. The van der Waals surface area contributed by atoms with Crippen molar-refractivity contribution in [1.29, 1.82) is 0 Å². The second-order valence-electron chi connectivity index (χ2n) is 4.75. The van der Waals surface area contributed by atoms with Gasteiger partial charge in [0.05, 0.1) is 5.56 Å². The number of halogens is 3. The van der Waals surface area contributed by atoms with Gasteiger partial charge in [-0.15, -0.1) is 0 Å². The molecule has 5 heteroatoms. The summed E-state index contributed by atoms with van der Waals surface area (Å²) in [4.78, 5) is 4.78. The number of nitrogens with zero attached hydrogens (tertiary/aromatic N) is 1. The molecule has 0 fully saturated rings. The third kappa shape index (κ3) is 4.36. The Hall–Kier alpha value is -1.75. The van der Waals surface area contributed by atoms with Crippen LogP contribution in [0, 0.1) is 0 Å². The van der Waals surface area contributed by atoms with E-state index in [-0.39, 0.29) is 4.90 Å². The van der Waals surface area contributed by atoms with Gasteiger partial charge in [0.1, 0.15) is 0 Å². The molecule has 0 N–H and O–H groups in total. The average Bonchev–Trinajstić information content (AvgIpc) is 2.40. The maximum Gasteiger partial charge on any atom is 0.417 e. The zero-order valence-electron chi connectivity index (χ0n) is 11.4. The zero-order valence-corrected chi connectivity index (χ0v) is 12.3. The second-order valence-corrected chi connectivity index (χ2v) is 5.86. The largest absolute Gasteiger partial charge is 0.417 e. The quantitative estimate of drug-likeness (QED) is 0.704. The van der Waals surface area contributed by atoms with Crippen LogP contribution in [0.5, 0.6) is 0 Å². The maximum absolute atomic E-state index is 13.2. The van der Waals surface area contributed by atoms with Crippen LogP contribution in [0.25, 0.3) is 0 Å². The minimum atomic E-state index is -4.37. The highest BCUT2D eigenvalue weighted by Crippen LogP contribution is 2.40. The lowest BCUT2D eigenvalue weighted by Gasteiger charge is -2.14. The number of rotatable bonds is 4. The molecule has 1 aromatic heterocycles. The Labute approximate surface area is 125 Å². The molecule has 0 aliphatic rings. The summed E-state index contributed by atoms with van der Waals surface area (Å²) in [5.74, 6) is 0. The number of allylic oxidation sites excluding steroid dienone is 1. The summed E-state index contributed by atoms with van der Waals surface area (Å²) in [6, 6.07) is 7.82. The van der Waals surface area contributed by atoms with Crippen LogP contribution in [0.15, 0.2) is 64.7 Å². The molecule has 110 valence electrons. The van der Waals surface area contributed by atoms with E-state index in [9.17, 15) is 13.2 Å². The first-order valence-corrected chi connectivity index (χ1v) is 7.10. The molecule has 0 radical (unpaired) electrons. The molecular weight excluding hydrogens is 295 g/mol. The Balaban J connectivity index is 2.38. The molecule has 1 aromatic carbocycles. The minimum Gasteiger partial charge on any atom is -0.265 e. The van der Waals surface area contributed by atoms with Gasteiger partial charge in [0.15, 0.2) is 0 Å². The highest BCUT2D eigenvalue weighted by molar-refractivity contribution is 7.99. The Morgan fingerprint density at radius 1 is 1.19 bits per heavy atom. The zero-order chi connectivity index (χ0) is 15.5. The average molecular weight is 309 g/mol. The van der Waals surface area contributed by atoms with E-state index in [2.05, 4.69) is 11.6 Å². The normalized spacial score (nSPS) is 11.4. The number of aromatic nitrogens is 1. The van der Waals surface area contributed by atoms with E-state index in [1.165, 1.54) is 12.1 Å². The molecule has 2 rings (SSSR count). The number of hydrogen-bond donors (Lipinski definition) is 0. The Morgan fingerprint density at radius 3 is 2.43 bits per heavy atom. The molecule has 21 heavy (non-hydrogen) atoms. The van der Waals surface area contributed by atoms with Crippen LogP contribution < -0.4 is 0 Å². The van der Waals surface area contributed by atoms with Crippen molar-refractivity contribution in [3.63, 3.8) is 0 Å². The predicted molar refractivity (Wildman–Crippen MR) is 78.3 cm³/mol. The van der Waals surface area contributed by atoms with E-state index in [0.29, 0.717) is 12.0 Å². The first-order chi connectivity index (χ1) is 9.86. The molecule has 0 saturated carbocycles. The van der Waals surface area contributed by atoms with Crippen LogP contribution in [0.1, 0.15) is 18.1 Å². The highest BCUT2D eigenvalue weighted by Gasteiger charge is 2.33. The Kier molecular flexibility index (Phi) is 4.73. The molecule has 1 nitrogen and oxygen atoms in total. The van der Waals surface area contributed by atoms with Crippen molar-refractivity contribution in [1.82, 2.24) is 4.98 Å². The maximum atomic E-state index is 13.2. The molecular formula is C16H14F3NS. The van der Waals surface area contributed by atoms with Crippen LogP contribution >= 0.6 is 11.8 Å². The van der Waals surface area contributed by atoms with Crippen LogP contribution in [-0.2, 0) is 12.6 Å². The van der Waals surface area contributed by atoms with Crippen molar-refractivity contribution in [2.75, 3.05) is 0 Å². The van der Waals surface area contributed by atoms with Crippen molar-refractivity contribution < 1.29 is 13.2 Å². The third-order valence-electron chi connectivity index (χ3n) is 2.73. The summed E-state index contributed by atoms with van der Waals surface area (Å²) in [7, 11) is 0. The van der Waals surface area contributed by atoms with Gasteiger partial charge >= 0.3 is 6.18 Å². The summed E-state index contributed by atoms with van der Waals surface area (Å²) < 4.78 is 39.7. The van der Waals surface area contributed by atoms with Crippen molar-refractivity contribution >= 4 is 11.8 Å². The topological polar surface area (TPSA) is 12.9 Å². The van der Waals surface area contributed by atoms with Gasteiger partial charge in [0, 0.05) is 22.2 Å². The van der Waals surface area contributed by atoms with Crippen LogP contribution in [0.4, 0.5) is 13.2 Å². The van der Waals surface area contributed by atoms with Crippen molar-refractivity contribution in [2.24, 2.45) is 0 Å². The van der Waals surface area contributed by atoms with E-state index >= 15 is 0 Å². The Bertz CT molecular complexity index is 636. The fourth-order valence-corrected chi connectivity index (χ4v) is 2.81. The lowest BCUT2D eigenvalue weighted by molar-refractivity contribution is -0.139. The van der Waals surface area contributed by atoms with Crippen molar-refractivity contribution in [3.05, 3.63) is 66.0 Å². The first-order valence-electron chi connectivity index (χ1n) is 6.28. The Morgan fingerprint density at radius 2 is 1.86 bits per heavy atom. The molecule has 2 aromatic rings. The second kappa shape index (κ2) is 6.35. The number of pyridine rings is 1. The number of alkyl halides is 3. The fraction of sp³-hybridized carbons (Fsp3) is 0.188. The van der Waals surface area contributed by atoms with Crippen molar-refractivity contribution in [3.8, 4) is 0 Å².